The van der Waals surface area contributed by atoms with E-state index < -0.39 is 71.7 Å². The fourth-order valence-corrected chi connectivity index (χ4v) is 7.48. The molecule has 344 valence electrons. The number of Topliss-reactive ketones (excluding diaryl/α,β-unsaturated/α-hetero) is 1. The highest BCUT2D eigenvalue weighted by atomic mass is 127. The summed E-state index contributed by atoms with van der Waals surface area (Å²) in [6.45, 7) is 10.9. The van der Waals surface area contributed by atoms with Gasteiger partial charge in [-0.1, -0.05) is 111 Å². The minimum atomic E-state index is -1.67. The fraction of sp³-hybridized carbons (Fsp3) is 0.553. The molecule has 1 fully saturated rings. The number of benzene rings is 2. The van der Waals surface area contributed by atoms with Gasteiger partial charge < -0.3 is 36.1 Å². The van der Waals surface area contributed by atoms with E-state index in [0.717, 1.165) is 11.1 Å². The zero-order chi connectivity index (χ0) is 46.4. The fourth-order valence-electron chi connectivity index (χ4n) is 6.95. The van der Waals surface area contributed by atoms with Gasteiger partial charge in [0.25, 0.3) is 0 Å². The molecule has 1 aliphatic rings. The van der Waals surface area contributed by atoms with Gasteiger partial charge in [-0.2, -0.15) is 0 Å². The van der Waals surface area contributed by atoms with Crippen molar-refractivity contribution in [3.05, 3.63) is 71.8 Å². The van der Waals surface area contributed by atoms with E-state index in [1.165, 1.54) is 6.92 Å². The van der Waals surface area contributed by atoms with E-state index in [2.05, 4.69) is 32.5 Å². The number of halogens is 1. The van der Waals surface area contributed by atoms with Crippen LogP contribution in [0, 0.1) is 24.2 Å². The molecule has 2 aromatic rings. The molecule has 0 aromatic heterocycles. The second-order valence-corrected chi connectivity index (χ2v) is 17.6. The van der Waals surface area contributed by atoms with Crippen LogP contribution in [0.4, 0.5) is 0 Å². The van der Waals surface area contributed by atoms with Crippen molar-refractivity contribution in [2.45, 2.75) is 109 Å². The number of esters is 1. The first-order valence-electron chi connectivity index (χ1n) is 21.6. The van der Waals surface area contributed by atoms with Crippen LogP contribution < -0.4 is 26.6 Å². The zero-order valence-corrected chi connectivity index (χ0v) is 39.4. The van der Waals surface area contributed by atoms with E-state index in [1.54, 1.807) is 12.1 Å². The minimum Gasteiger partial charge on any atom is -0.449 e. The van der Waals surface area contributed by atoms with E-state index in [1.807, 2.05) is 104 Å². The molecular formula is C47H65IN6O9. The van der Waals surface area contributed by atoms with Crippen LogP contribution in [0.3, 0.4) is 0 Å². The van der Waals surface area contributed by atoms with Crippen LogP contribution in [0.25, 0.3) is 0 Å². The first-order valence-corrected chi connectivity index (χ1v) is 23.2. The zero-order valence-electron chi connectivity index (χ0n) is 37.2. The molecule has 0 radical (unpaired) electrons. The molecule has 1 heterocycles. The lowest BCUT2D eigenvalue weighted by molar-refractivity contribution is -0.163. The summed E-state index contributed by atoms with van der Waals surface area (Å²) in [6, 6.07) is 14.3. The van der Waals surface area contributed by atoms with Crippen LogP contribution >= 0.6 is 22.6 Å². The Hall–Kier alpha value is -4.86. The number of rotatable bonds is 26. The SMILES string of the molecule is C#CCCC(=O)NCC(=O)OC(C)(CI)C(=O)C(CC(C)C)NC(=O)[C@H](Cc1ccccc1)NC(=O)[C@H](CC(C)C)NC(=O)[C@H](CCc1ccccc1)NC(=O)CN1CCOCC1. The number of aryl methyl sites for hydroxylation is 1. The van der Waals surface area contributed by atoms with Crippen LogP contribution in [-0.2, 0) is 55.9 Å². The van der Waals surface area contributed by atoms with Crippen LogP contribution in [0.2, 0.25) is 0 Å². The van der Waals surface area contributed by atoms with Crippen molar-refractivity contribution < 1.29 is 43.0 Å². The summed E-state index contributed by atoms with van der Waals surface area (Å²) in [5.74, 6) is -1.73. The maximum atomic E-state index is 14.4. The number of amides is 5. The van der Waals surface area contributed by atoms with E-state index in [4.69, 9.17) is 15.9 Å². The van der Waals surface area contributed by atoms with Crippen LogP contribution in [0.1, 0.15) is 77.8 Å². The molecule has 2 aromatic carbocycles. The van der Waals surface area contributed by atoms with Crippen molar-refractivity contribution in [3.8, 4) is 12.3 Å². The van der Waals surface area contributed by atoms with Crippen molar-refractivity contribution in [2.75, 3.05) is 43.8 Å². The van der Waals surface area contributed by atoms with Gasteiger partial charge >= 0.3 is 5.97 Å². The Morgan fingerprint density at radius 3 is 1.89 bits per heavy atom. The van der Waals surface area contributed by atoms with Crippen molar-refractivity contribution in [3.63, 3.8) is 0 Å². The molecular weight excluding hydrogens is 919 g/mol. The molecule has 16 heteroatoms. The number of terminal acetylenes is 1. The van der Waals surface area contributed by atoms with Gasteiger partial charge in [0, 0.05) is 36.8 Å². The van der Waals surface area contributed by atoms with Gasteiger partial charge in [-0.15, -0.1) is 12.3 Å². The summed E-state index contributed by atoms with van der Waals surface area (Å²) in [5.41, 5.74) is 0.0390. The summed E-state index contributed by atoms with van der Waals surface area (Å²) in [5, 5.41) is 14.0. The molecule has 5 atom stereocenters. The van der Waals surface area contributed by atoms with Gasteiger partial charge in [-0.05, 0) is 55.6 Å². The molecule has 3 rings (SSSR count). The van der Waals surface area contributed by atoms with E-state index in [9.17, 15) is 33.6 Å². The van der Waals surface area contributed by atoms with E-state index in [-0.39, 0.29) is 67.2 Å². The largest absolute Gasteiger partial charge is 0.449 e. The first-order chi connectivity index (χ1) is 30.0. The predicted octanol–water partition coefficient (Wildman–Crippen LogP) is 3.06. The number of hydrogen-bond donors (Lipinski definition) is 5. The third kappa shape index (κ3) is 19.2. The molecule has 5 N–H and O–H groups in total. The standard InChI is InChI=1S/C47H65IN6O9/c1-7-8-19-40(55)49-29-42(57)63-47(6,31-48)43(58)37(26-32(2)3)51-46(61)39(28-35-17-13-10-14-18-35)53-45(60)38(27-33(4)5)52-44(59)36(21-20-34-15-11-9-12-16-34)50-41(56)30-54-22-24-62-25-23-54/h1,9-18,32-33,36-39H,8,19-31H2,2-6H3,(H,49,55)(H,50,56)(H,51,61)(H,52,59)(H,53,60)/t36-,37?,38-,39-,47?/m0/s1. The summed E-state index contributed by atoms with van der Waals surface area (Å²) >= 11 is 1.94. The third-order valence-electron chi connectivity index (χ3n) is 10.3. The second kappa shape index (κ2) is 27.4. The molecule has 0 bridgehead atoms. The highest BCUT2D eigenvalue weighted by Gasteiger charge is 2.42. The van der Waals surface area contributed by atoms with Crippen molar-refractivity contribution in [2.24, 2.45) is 11.8 Å². The maximum absolute atomic E-state index is 14.4. The van der Waals surface area contributed by atoms with Crippen LogP contribution in [0.5, 0.6) is 0 Å². The highest BCUT2D eigenvalue weighted by molar-refractivity contribution is 14.1. The van der Waals surface area contributed by atoms with Crippen molar-refractivity contribution in [1.82, 2.24) is 31.5 Å². The van der Waals surface area contributed by atoms with Crippen molar-refractivity contribution >= 4 is 63.9 Å². The molecule has 15 nitrogen and oxygen atoms in total. The Labute approximate surface area is 385 Å². The summed E-state index contributed by atoms with van der Waals surface area (Å²) in [7, 11) is 0. The van der Waals surface area contributed by atoms with Crippen LogP contribution in [0.15, 0.2) is 60.7 Å². The second-order valence-electron chi connectivity index (χ2n) is 16.8. The Balaban J connectivity index is 1.85. The van der Waals surface area contributed by atoms with Gasteiger partial charge in [0.15, 0.2) is 11.4 Å². The summed E-state index contributed by atoms with van der Waals surface area (Å²) in [4.78, 5) is 97.2. The average Bonchev–Trinajstić information content (AvgIpc) is 3.25. The Morgan fingerprint density at radius 2 is 1.30 bits per heavy atom. The number of morpholine rings is 1. The number of hydrogen-bond acceptors (Lipinski definition) is 10. The smallest absolute Gasteiger partial charge is 0.326 e. The van der Waals surface area contributed by atoms with Gasteiger partial charge in [-0.25, -0.2) is 0 Å². The molecule has 0 aliphatic carbocycles. The lowest BCUT2D eigenvalue weighted by atomic mass is 9.90. The van der Waals surface area contributed by atoms with Gasteiger partial charge in [0.1, 0.15) is 24.7 Å². The maximum Gasteiger partial charge on any atom is 0.326 e. The molecule has 0 saturated carbocycles. The average molecular weight is 985 g/mol. The van der Waals surface area contributed by atoms with Crippen LogP contribution in [-0.4, -0.2) is 120 Å². The number of alkyl halides is 1. The monoisotopic (exact) mass is 984 g/mol. The summed E-state index contributed by atoms with van der Waals surface area (Å²) < 4.78 is 11.1. The van der Waals surface area contributed by atoms with Gasteiger partial charge in [0.05, 0.1) is 25.8 Å². The number of ether oxygens (including phenoxy) is 2. The third-order valence-corrected chi connectivity index (χ3v) is 11.8. The first kappa shape index (κ1) is 52.5. The van der Waals surface area contributed by atoms with Gasteiger partial charge in [0.2, 0.25) is 29.5 Å². The number of ketones is 1. The number of nitrogens with one attached hydrogen (secondary N) is 5. The summed E-state index contributed by atoms with van der Waals surface area (Å²) in [6.07, 6.45) is 6.69. The predicted molar refractivity (Wildman–Crippen MR) is 248 cm³/mol. The molecule has 1 aliphatic heterocycles. The minimum absolute atomic E-state index is 0.0310. The Morgan fingerprint density at radius 1 is 0.762 bits per heavy atom. The lowest BCUT2D eigenvalue weighted by Crippen LogP contribution is -2.60. The number of carbonyl (C=O) groups excluding carboxylic acids is 7. The molecule has 1 saturated heterocycles. The quantitative estimate of drug-likeness (QED) is 0.0404. The van der Waals surface area contributed by atoms with Gasteiger partial charge in [-0.3, -0.25) is 38.5 Å². The molecule has 0 spiro atoms. The Bertz CT molecular complexity index is 1850. The highest BCUT2D eigenvalue weighted by Crippen LogP contribution is 2.22. The Kier molecular flexibility index (Phi) is 22.8. The number of carbonyl (C=O) groups is 7. The van der Waals surface area contributed by atoms with E-state index >= 15 is 0 Å². The molecule has 5 amide bonds. The topological polar surface area (TPSA) is 201 Å². The molecule has 2 unspecified atom stereocenters. The van der Waals surface area contributed by atoms with Crippen molar-refractivity contribution in [1.29, 1.82) is 0 Å². The lowest BCUT2D eigenvalue weighted by Gasteiger charge is -2.32. The van der Waals surface area contributed by atoms with E-state index in [0.29, 0.717) is 32.7 Å². The normalized spacial score (nSPS) is 15.7. The number of nitrogens with zero attached hydrogens (tertiary/aromatic N) is 1. The molecule has 63 heavy (non-hydrogen) atoms.